The van der Waals surface area contributed by atoms with Gasteiger partial charge >= 0.3 is 5.97 Å². The number of hydrogen-bond acceptors (Lipinski definition) is 22. The molecule has 1 aromatic carbocycles. The monoisotopic (exact) mass is 962 g/mol. The Balaban J connectivity index is 2.46. The molecular formula is C43H78O23. The second-order valence-corrected chi connectivity index (χ2v) is 13.0. The molecule has 388 valence electrons. The molecule has 0 fully saturated rings. The van der Waals surface area contributed by atoms with E-state index in [0.29, 0.717) is 159 Å². The van der Waals surface area contributed by atoms with E-state index in [1.54, 1.807) is 0 Å². The number of rotatable bonds is 55. The molecule has 0 aliphatic heterocycles. The predicted octanol–water partition coefficient (Wildman–Crippen LogP) is -0.253. The number of aliphatic hydroxyl groups excluding tert-OH is 3. The third kappa shape index (κ3) is 40.4. The van der Waals surface area contributed by atoms with Crippen LogP contribution in [0, 0.1) is 0 Å². The van der Waals surface area contributed by atoms with Crippen molar-refractivity contribution >= 4 is 5.97 Å². The Bertz CT molecular complexity index is 1110. The van der Waals surface area contributed by atoms with Gasteiger partial charge in [-0.05, 0) is 12.1 Å². The molecule has 0 bridgehead atoms. The van der Waals surface area contributed by atoms with Crippen molar-refractivity contribution in [2.45, 2.75) is 0 Å². The highest BCUT2D eigenvalue weighted by molar-refractivity contribution is 5.89. The molecule has 0 saturated carbocycles. The lowest BCUT2D eigenvalue weighted by Gasteiger charge is -2.18. The Morgan fingerprint density at radius 2 is 0.470 bits per heavy atom. The fourth-order valence-corrected chi connectivity index (χ4v) is 4.82. The van der Waals surface area contributed by atoms with Gasteiger partial charge in [0, 0.05) is 0 Å². The molecule has 0 aliphatic rings. The SMILES string of the molecule is O=C(O)c1cc(OCCOCCOCCOCCOCCOCCO)c(OCCOCCOCCOCCOCCOCCO)c(OCCOCCOCCOCCOCCOCCO)c1. The van der Waals surface area contributed by atoms with E-state index in [1.165, 1.54) is 12.1 Å². The summed E-state index contributed by atoms with van der Waals surface area (Å²) in [4.78, 5) is 12.1. The fourth-order valence-electron chi connectivity index (χ4n) is 4.82. The first-order valence-electron chi connectivity index (χ1n) is 22.4. The van der Waals surface area contributed by atoms with Crippen LogP contribution in [0.25, 0.3) is 0 Å². The molecule has 4 N–H and O–H groups in total. The van der Waals surface area contributed by atoms with Gasteiger partial charge in [-0.25, -0.2) is 4.79 Å². The summed E-state index contributed by atoms with van der Waals surface area (Å²) in [6.07, 6.45) is 0. The first-order valence-corrected chi connectivity index (χ1v) is 22.4. The third-order valence-electron chi connectivity index (χ3n) is 7.88. The molecule has 0 saturated heterocycles. The minimum atomic E-state index is -1.18. The second kappa shape index (κ2) is 50.3. The lowest BCUT2D eigenvalue weighted by Crippen LogP contribution is -2.16. The molecule has 0 aromatic heterocycles. The molecule has 0 atom stereocenters. The van der Waals surface area contributed by atoms with Crippen LogP contribution < -0.4 is 14.2 Å². The van der Waals surface area contributed by atoms with E-state index in [0.717, 1.165) is 0 Å². The lowest BCUT2D eigenvalue weighted by molar-refractivity contribution is -0.0154. The Morgan fingerprint density at radius 3 is 0.667 bits per heavy atom. The van der Waals surface area contributed by atoms with Crippen molar-refractivity contribution in [3.8, 4) is 17.2 Å². The molecule has 23 nitrogen and oxygen atoms in total. The van der Waals surface area contributed by atoms with Crippen LogP contribution in [0.3, 0.4) is 0 Å². The molecule has 1 aromatic rings. The zero-order chi connectivity index (χ0) is 47.5. The fraction of sp³-hybridized carbons (Fsp3) is 0.837. The molecule has 0 aliphatic carbocycles. The molecular weight excluding hydrogens is 884 g/mol. The Morgan fingerprint density at radius 1 is 0.288 bits per heavy atom. The van der Waals surface area contributed by atoms with Gasteiger partial charge < -0.3 is 106 Å². The van der Waals surface area contributed by atoms with Gasteiger partial charge in [-0.15, -0.1) is 0 Å². The van der Waals surface area contributed by atoms with Gasteiger partial charge in [0.15, 0.2) is 11.5 Å². The van der Waals surface area contributed by atoms with Gasteiger partial charge in [-0.1, -0.05) is 0 Å². The third-order valence-corrected chi connectivity index (χ3v) is 7.88. The predicted molar refractivity (Wildman–Crippen MR) is 233 cm³/mol. The Hall–Kier alpha value is -2.63. The van der Waals surface area contributed by atoms with Crippen LogP contribution in [-0.2, 0) is 71.1 Å². The zero-order valence-electron chi connectivity index (χ0n) is 38.7. The van der Waals surface area contributed by atoms with Crippen molar-refractivity contribution in [3.63, 3.8) is 0 Å². The van der Waals surface area contributed by atoms with Crippen LogP contribution in [0.1, 0.15) is 10.4 Å². The van der Waals surface area contributed by atoms with E-state index in [9.17, 15) is 9.90 Å². The van der Waals surface area contributed by atoms with Crippen molar-refractivity contribution in [2.75, 3.05) is 238 Å². The van der Waals surface area contributed by atoms with E-state index in [4.69, 9.17) is 101 Å². The summed E-state index contributed by atoms with van der Waals surface area (Å²) in [5.74, 6) is -0.669. The summed E-state index contributed by atoms with van der Waals surface area (Å²) in [6.45, 7) is 11.1. The van der Waals surface area contributed by atoms with Crippen molar-refractivity contribution in [3.05, 3.63) is 17.7 Å². The lowest BCUT2D eigenvalue weighted by atomic mass is 10.2. The van der Waals surface area contributed by atoms with Gasteiger partial charge in [0.2, 0.25) is 5.75 Å². The average molecular weight is 963 g/mol. The molecule has 0 heterocycles. The second-order valence-electron chi connectivity index (χ2n) is 13.0. The van der Waals surface area contributed by atoms with E-state index in [2.05, 4.69) is 0 Å². The first kappa shape index (κ1) is 61.4. The van der Waals surface area contributed by atoms with Crippen molar-refractivity contribution < 1.29 is 110 Å². The summed E-state index contributed by atoms with van der Waals surface area (Å²) < 4.78 is 99.3. The van der Waals surface area contributed by atoms with Gasteiger partial charge in [-0.3, -0.25) is 0 Å². The molecule has 0 spiro atoms. The number of ether oxygens (including phenoxy) is 18. The van der Waals surface area contributed by atoms with Crippen molar-refractivity contribution in [1.29, 1.82) is 0 Å². The summed E-state index contributed by atoms with van der Waals surface area (Å²) in [5.41, 5.74) is -0.0635. The molecule has 0 radical (unpaired) electrons. The van der Waals surface area contributed by atoms with E-state index in [1.807, 2.05) is 0 Å². The molecule has 23 heteroatoms. The van der Waals surface area contributed by atoms with Crippen LogP contribution in [0.4, 0.5) is 0 Å². The summed E-state index contributed by atoms with van der Waals surface area (Å²) in [6, 6.07) is 2.72. The zero-order valence-corrected chi connectivity index (χ0v) is 38.7. The molecule has 0 unspecified atom stereocenters. The summed E-state index contributed by atoms with van der Waals surface area (Å²) in [7, 11) is 0. The average Bonchev–Trinajstić information content (AvgIpc) is 3.32. The summed E-state index contributed by atoms with van der Waals surface area (Å²) in [5, 5.41) is 35.9. The summed E-state index contributed by atoms with van der Waals surface area (Å²) >= 11 is 0. The largest absolute Gasteiger partial charge is 0.487 e. The van der Waals surface area contributed by atoms with Gasteiger partial charge in [-0.2, -0.15) is 0 Å². The number of carboxylic acid groups (broad SMARTS) is 1. The Labute approximate surface area is 388 Å². The molecule has 0 amide bonds. The van der Waals surface area contributed by atoms with Crippen LogP contribution >= 0.6 is 0 Å². The number of benzene rings is 1. The highest BCUT2D eigenvalue weighted by atomic mass is 16.6. The molecule has 1 rings (SSSR count). The van der Waals surface area contributed by atoms with Crippen LogP contribution in [-0.4, -0.2) is 264 Å². The van der Waals surface area contributed by atoms with Crippen LogP contribution in [0.5, 0.6) is 17.2 Å². The van der Waals surface area contributed by atoms with E-state index >= 15 is 0 Å². The number of carbonyl (C=O) groups is 1. The highest BCUT2D eigenvalue weighted by Gasteiger charge is 2.19. The number of aromatic carboxylic acids is 1. The Kier molecular flexibility index (Phi) is 46.7. The first-order chi connectivity index (χ1) is 32.6. The van der Waals surface area contributed by atoms with E-state index in [-0.39, 0.29) is 102 Å². The van der Waals surface area contributed by atoms with Crippen LogP contribution in [0.2, 0.25) is 0 Å². The van der Waals surface area contributed by atoms with Gasteiger partial charge in [0.1, 0.15) is 19.8 Å². The molecule has 66 heavy (non-hydrogen) atoms. The van der Waals surface area contributed by atoms with Crippen LogP contribution in [0.15, 0.2) is 12.1 Å². The number of hydrogen-bond donors (Lipinski definition) is 4. The minimum Gasteiger partial charge on any atom is -0.487 e. The van der Waals surface area contributed by atoms with Crippen molar-refractivity contribution in [2.24, 2.45) is 0 Å². The standard InChI is InChI=1S/C43H78O23/c44-1-4-49-7-10-52-13-16-55-19-22-58-25-28-61-31-34-64-40-37-39(43(47)48)38-41(65-35-32-62-29-26-59-23-20-56-17-14-53-11-8-50-5-2-45)42(40)66-36-33-63-30-27-60-24-21-57-18-15-54-12-9-51-6-3-46/h37-38,44-46H,1-36H2,(H,47,48). The minimum absolute atomic E-state index is 0.0166. The van der Waals surface area contributed by atoms with Gasteiger partial charge in [0.25, 0.3) is 0 Å². The number of aliphatic hydroxyl groups is 3. The normalized spacial score (nSPS) is 11.4. The topological polar surface area (TPSA) is 264 Å². The number of carboxylic acids is 1. The maximum atomic E-state index is 12.1. The maximum absolute atomic E-state index is 12.1. The quantitative estimate of drug-likeness (QED) is 0.0614. The van der Waals surface area contributed by atoms with Crippen molar-refractivity contribution in [1.82, 2.24) is 0 Å². The highest BCUT2D eigenvalue weighted by Crippen LogP contribution is 2.39. The maximum Gasteiger partial charge on any atom is 0.335 e. The van der Waals surface area contributed by atoms with E-state index < -0.39 is 5.97 Å². The van der Waals surface area contributed by atoms with Gasteiger partial charge in [0.05, 0.1) is 224 Å². The smallest absolute Gasteiger partial charge is 0.335 e.